The molecule has 0 aliphatic carbocycles. The first kappa shape index (κ1) is 11.3. The molecule has 88 valence electrons. The smallest absolute Gasteiger partial charge is 0.339 e. The quantitative estimate of drug-likeness (QED) is 0.841. The second-order valence-corrected chi connectivity index (χ2v) is 3.77. The zero-order valence-corrected chi connectivity index (χ0v) is 9.80. The number of aromatic nitrogens is 4. The van der Waals surface area contributed by atoms with Crippen LogP contribution >= 0.6 is 0 Å². The van der Waals surface area contributed by atoms with Gasteiger partial charge in [-0.2, -0.15) is 5.10 Å². The van der Waals surface area contributed by atoms with Gasteiger partial charge in [0, 0.05) is 13.2 Å². The average molecular weight is 232 g/mol. The Kier molecular flexibility index (Phi) is 2.63. The van der Waals surface area contributed by atoms with Crippen LogP contribution in [0.1, 0.15) is 21.7 Å². The Bertz CT molecular complexity index is 566. The third kappa shape index (κ3) is 2.01. The summed E-state index contributed by atoms with van der Waals surface area (Å²) in [4.78, 5) is 19.3. The minimum absolute atomic E-state index is 0.157. The van der Waals surface area contributed by atoms with E-state index in [4.69, 9.17) is 5.11 Å². The molecule has 2 rings (SSSR count). The number of aryl methyl sites for hydroxylation is 3. The third-order valence-corrected chi connectivity index (χ3v) is 2.43. The second kappa shape index (κ2) is 3.97. The van der Waals surface area contributed by atoms with Gasteiger partial charge in [-0.15, -0.1) is 0 Å². The number of aromatic carboxylic acids is 1. The van der Waals surface area contributed by atoms with Gasteiger partial charge in [0.2, 0.25) is 0 Å². The van der Waals surface area contributed by atoms with Crippen LogP contribution in [0.2, 0.25) is 0 Å². The van der Waals surface area contributed by atoms with E-state index < -0.39 is 5.97 Å². The number of hydrogen-bond acceptors (Lipinski definition) is 4. The van der Waals surface area contributed by atoms with Gasteiger partial charge in [0.15, 0.2) is 5.82 Å². The molecule has 0 aliphatic heterocycles. The molecule has 2 aromatic rings. The standard InChI is InChI=1S/C11H12N4O2/c1-6-9(11(16)17)7(2)13-10(12-6)8-4-5-15(3)14-8/h4-5H,1-3H3,(H,16,17). The Balaban J connectivity index is 2.56. The van der Waals surface area contributed by atoms with Crippen molar-refractivity contribution in [2.75, 3.05) is 0 Å². The number of rotatable bonds is 2. The summed E-state index contributed by atoms with van der Waals surface area (Å²) in [6.45, 7) is 3.31. The largest absolute Gasteiger partial charge is 0.478 e. The zero-order valence-electron chi connectivity index (χ0n) is 9.80. The summed E-state index contributed by atoms with van der Waals surface area (Å²) in [5.41, 5.74) is 1.69. The molecule has 2 aromatic heterocycles. The first-order chi connectivity index (χ1) is 7.99. The van der Waals surface area contributed by atoms with E-state index in [2.05, 4.69) is 15.1 Å². The van der Waals surface area contributed by atoms with E-state index in [1.165, 1.54) is 0 Å². The minimum Gasteiger partial charge on any atom is -0.478 e. The molecule has 0 saturated carbocycles. The van der Waals surface area contributed by atoms with E-state index in [1.807, 2.05) is 0 Å². The molecule has 1 N–H and O–H groups in total. The molecule has 0 aromatic carbocycles. The number of carboxylic acid groups (broad SMARTS) is 1. The van der Waals surface area contributed by atoms with E-state index in [1.54, 1.807) is 37.8 Å². The van der Waals surface area contributed by atoms with Gasteiger partial charge < -0.3 is 5.11 Å². The minimum atomic E-state index is -1.01. The predicted molar refractivity (Wildman–Crippen MR) is 60.7 cm³/mol. The Morgan fingerprint density at radius 2 is 1.88 bits per heavy atom. The van der Waals surface area contributed by atoms with Gasteiger partial charge in [0.05, 0.1) is 11.4 Å². The molecule has 0 spiro atoms. The highest BCUT2D eigenvalue weighted by Gasteiger charge is 2.16. The van der Waals surface area contributed by atoms with Crippen LogP contribution in [0.3, 0.4) is 0 Å². The highest BCUT2D eigenvalue weighted by Crippen LogP contribution is 2.16. The molecule has 0 atom stereocenters. The molecular weight excluding hydrogens is 220 g/mol. The van der Waals surface area contributed by atoms with Crippen molar-refractivity contribution in [3.8, 4) is 11.5 Å². The second-order valence-electron chi connectivity index (χ2n) is 3.77. The summed E-state index contributed by atoms with van der Waals surface area (Å²) in [5.74, 6) is -0.557. The molecule has 0 fully saturated rings. The number of hydrogen-bond donors (Lipinski definition) is 1. The van der Waals surface area contributed by atoms with E-state index in [0.29, 0.717) is 22.9 Å². The lowest BCUT2D eigenvalue weighted by molar-refractivity contribution is 0.0694. The van der Waals surface area contributed by atoms with Crippen molar-refractivity contribution >= 4 is 5.97 Å². The van der Waals surface area contributed by atoms with Crippen molar-refractivity contribution < 1.29 is 9.90 Å². The van der Waals surface area contributed by atoms with Crippen LogP contribution in [0.25, 0.3) is 11.5 Å². The normalized spacial score (nSPS) is 10.5. The summed E-state index contributed by atoms with van der Waals surface area (Å²) >= 11 is 0. The fraction of sp³-hybridized carbons (Fsp3) is 0.273. The summed E-state index contributed by atoms with van der Waals surface area (Å²) < 4.78 is 1.65. The highest BCUT2D eigenvalue weighted by molar-refractivity contribution is 5.90. The van der Waals surface area contributed by atoms with E-state index in [0.717, 1.165) is 0 Å². The fourth-order valence-electron chi connectivity index (χ4n) is 1.67. The van der Waals surface area contributed by atoms with Gasteiger partial charge in [0.25, 0.3) is 0 Å². The lowest BCUT2D eigenvalue weighted by Gasteiger charge is -2.05. The molecule has 6 heteroatoms. The van der Waals surface area contributed by atoms with Gasteiger partial charge in [-0.1, -0.05) is 0 Å². The van der Waals surface area contributed by atoms with Crippen molar-refractivity contribution in [1.82, 2.24) is 19.7 Å². The third-order valence-electron chi connectivity index (χ3n) is 2.43. The van der Waals surface area contributed by atoms with Crippen molar-refractivity contribution in [2.45, 2.75) is 13.8 Å². The Morgan fingerprint density at radius 3 is 2.29 bits per heavy atom. The van der Waals surface area contributed by atoms with Crippen LogP contribution < -0.4 is 0 Å². The van der Waals surface area contributed by atoms with Crippen molar-refractivity contribution in [1.29, 1.82) is 0 Å². The van der Waals surface area contributed by atoms with Crippen LogP contribution in [0.5, 0.6) is 0 Å². The monoisotopic (exact) mass is 232 g/mol. The van der Waals surface area contributed by atoms with E-state index >= 15 is 0 Å². The molecule has 0 aliphatic rings. The molecular formula is C11H12N4O2. The number of carbonyl (C=O) groups is 1. The van der Waals surface area contributed by atoms with Gasteiger partial charge >= 0.3 is 5.97 Å². The summed E-state index contributed by atoms with van der Waals surface area (Å²) in [6.07, 6.45) is 1.79. The molecule has 0 amide bonds. The van der Waals surface area contributed by atoms with Gasteiger partial charge in [-0.25, -0.2) is 14.8 Å². The Morgan fingerprint density at radius 1 is 1.29 bits per heavy atom. The van der Waals surface area contributed by atoms with Gasteiger partial charge in [-0.3, -0.25) is 4.68 Å². The van der Waals surface area contributed by atoms with Crippen molar-refractivity contribution in [2.24, 2.45) is 7.05 Å². The first-order valence-electron chi connectivity index (χ1n) is 5.07. The highest BCUT2D eigenvalue weighted by atomic mass is 16.4. The van der Waals surface area contributed by atoms with E-state index in [9.17, 15) is 4.79 Å². The molecule has 17 heavy (non-hydrogen) atoms. The topological polar surface area (TPSA) is 80.9 Å². The first-order valence-corrected chi connectivity index (χ1v) is 5.07. The van der Waals surface area contributed by atoms with Crippen molar-refractivity contribution in [3.05, 3.63) is 29.2 Å². The van der Waals surface area contributed by atoms with E-state index in [-0.39, 0.29) is 5.56 Å². The Hall–Kier alpha value is -2.24. The summed E-state index contributed by atoms with van der Waals surface area (Å²) in [7, 11) is 1.80. The summed E-state index contributed by atoms with van der Waals surface area (Å²) in [6, 6.07) is 1.79. The zero-order chi connectivity index (χ0) is 12.6. The SMILES string of the molecule is Cc1nc(-c2ccn(C)n2)nc(C)c1C(=O)O. The predicted octanol–water partition coefficient (Wildman–Crippen LogP) is 1.19. The van der Waals surface area contributed by atoms with Crippen LogP contribution in [-0.4, -0.2) is 30.8 Å². The van der Waals surface area contributed by atoms with Crippen LogP contribution in [0.15, 0.2) is 12.3 Å². The maximum absolute atomic E-state index is 11.0. The molecule has 0 saturated heterocycles. The Labute approximate surface area is 98.0 Å². The van der Waals surface area contributed by atoms with Gasteiger partial charge in [-0.05, 0) is 19.9 Å². The number of carboxylic acids is 1. The molecule has 0 radical (unpaired) electrons. The average Bonchev–Trinajstić information content (AvgIpc) is 2.63. The van der Waals surface area contributed by atoms with Crippen LogP contribution in [-0.2, 0) is 7.05 Å². The summed E-state index contributed by atoms with van der Waals surface area (Å²) in [5, 5.41) is 13.2. The number of nitrogens with zero attached hydrogens (tertiary/aromatic N) is 4. The van der Waals surface area contributed by atoms with Crippen molar-refractivity contribution in [3.63, 3.8) is 0 Å². The fourth-order valence-corrected chi connectivity index (χ4v) is 1.67. The maximum Gasteiger partial charge on any atom is 0.339 e. The molecule has 6 nitrogen and oxygen atoms in total. The van der Waals surface area contributed by atoms with Gasteiger partial charge in [0.1, 0.15) is 11.3 Å². The molecule has 0 unspecified atom stereocenters. The van der Waals surface area contributed by atoms with Crippen LogP contribution in [0.4, 0.5) is 0 Å². The van der Waals surface area contributed by atoms with Crippen LogP contribution in [0, 0.1) is 13.8 Å². The molecule has 2 heterocycles. The maximum atomic E-state index is 11.0. The lowest BCUT2D eigenvalue weighted by Crippen LogP contribution is -2.08. The lowest BCUT2D eigenvalue weighted by atomic mass is 10.1. The molecule has 0 bridgehead atoms.